The zero-order chi connectivity index (χ0) is 19.0. The van der Waals surface area contributed by atoms with E-state index < -0.39 is 6.10 Å². The van der Waals surface area contributed by atoms with Gasteiger partial charge in [-0.05, 0) is 37.7 Å². The Morgan fingerprint density at radius 2 is 2.15 bits per heavy atom. The Kier molecular flexibility index (Phi) is 4.68. The fourth-order valence-corrected chi connectivity index (χ4v) is 3.91. The lowest BCUT2D eigenvalue weighted by Crippen LogP contribution is -2.60. The van der Waals surface area contributed by atoms with Gasteiger partial charge in [0.1, 0.15) is 6.07 Å². The molecule has 0 spiro atoms. The van der Waals surface area contributed by atoms with Crippen LogP contribution >= 0.6 is 0 Å². The Balaban J connectivity index is 1.60. The van der Waals surface area contributed by atoms with Crippen molar-refractivity contribution in [3.8, 4) is 6.07 Å². The third-order valence-electron chi connectivity index (χ3n) is 5.35. The second kappa shape index (κ2) is 7.14. The number of nitriles is 1. The number of hydrogen-bond acceptors (Lipinski definition) is 6. The zero-order valence-electron chi connectivity index (χ0n) is 15.3. The molecule has 4 rings (SSSR count). The van der Waals surface area contributed by atoms with Crippen molar-refractivity contribution in [3.63, 3.8) is 0 Å². The van der Waals surface area contributed by atoms with Gasteiger partial charge in [0.2, 0.25) is 0 Å². The number of nitrogens with zero attached hydrogens (tertiary/aromatic N) is 4. The molecule has 3 heterocycles. The topological polar surface area (TPSA) is 95.5 Å². The minimum absolute atomic E-state index is 0.0346. The number of morpholine rings is 1. The minimum atomic E-state index is -0.491. The number of benzene rings is 1. The second-order valence-electron chi connectivity index (χ2n) is 7.33. The van der Waals surface area contributed by atoms with Crippen molar-refractivity contribution in [1.29, 1.82) is 5.26 Å². The van der Waals surface area contributed by atoms with Gasteiger partial charge >= 0.3 is 0 Å². The van der Waals surface area contributed by atoms with E-state index in [-0.39, 0.29) is 12.0 Å². The van der Waals surface area contributed by atoms with Crippen LogP contribution in [0.2, 0.25) is 0 Å². The van der Waals surface area contributed by atoms with Crippen molar-refractivity contribution in [2.45, 2.75) is 19.1 Å². The molecule has 2 aliphatic rings. The van der Waals surface area contributed by atoms with Gasteiger partial charge in [-0.15, -0.1) is 0 Å². The van der Waals surface area contributed by atoms with Crippen LogP contribution in [-0.2, 0) is 9.53 Å². The maximum absolute atomic E-state index is 12.8. The molecule has 7 heteroatoms. The number of hydrogen-bond donors (Lipinski definition) is 1. The van der Waals surface area contributed by atoms with Crippen molar-refractivity contribution < 1.29 is 9.53 Å². The lowest BCUT2D eigenvalue weighted by molar-refractivity contribution is -0.154. The van der Waals surface area contributed by atoms with Gasteiger partial charge in [0, 0.05) is 42.8 Å². The van der Waals surface area contributed by atoms with Crippen LogP contribution in [0.5, 0.6) is 0 Å². The molecule has 1 amide bonds. The van der Waals surface area contributed by atoms with Gasteiger partial charge in [-0.1, -0.05) is 0 Å². The average molecular weight is 365 g/mol. The van der Waals surface area contributed by atoms with E-state index >= 15 is 0 Å². The normalized spacial score (nSPS) is 23.1. The predicted molar refractivity (Wildman–Crippen MR) is 102 cm³/mol. The SMILES string of the molecule is CC1CN(c2ccc(C#N)c3ncccc23)CC(C(=O)N2CC(CN)C2)O1. The van der Waals surface area contributed by atoms with Crippen LogP contribution < -0.4 is 10.6 Å². The van der Waals surface area contributed by atoms with Crippen LogP contribution in [-0.4, -0.2) is 60.7 Å². The number of nitrogens with two attached hydrogens (primary N) is 1. The molecule has 0 saturated carbocycles. The van der Waals surface area contributed by atoms with E-state index in [1.807, 2.05) is 30.0 Å². The maximum Gasteiger partial charge on any atom is 0.253 e. The lowest BCUT2D eigenvalue weighted by atomic mass is 9.99. The summed E-state index contributed by atoms with van der Waals surface area (Å²) in [6.07, 6.45) is 1.13. The summed E-state index contributed by atoms with van der Waals surface area (Å²) in [5, 5.41) is 10.3. The molecule has 0 bridgehead atoms. The first-order valence-electron chi connectivity index (χ1n) is 9.27. The van der Waals surface area contributed by atoms with Gasteiger partial charge in [-0.2, -0.15) is 5.26 Å². The highest BCUT2D eigenvalue weighted by atomic mass is 16.5. The molecule has 1 aromatic carbocycles. The van der Waals surface area contributed by atoms with Crippen molar-refractivity contribution in [2.75, 3.05) is 37.6 Å². The first-order valence-corrected chi connectivity index (χ1v) is 9.27. The molecular formula is C20H23N5O2. The maximum atomic E-state index is 12.8. The molecule has 1 aromatic heterocycles. The fraction of sp³-hybridized carbons (Fsp3) is 0.450. The molecular weight excluding hydrogens is 342 g/mol. The van der Waals surface area contributed by atoms with E-state index in [2.05, 4.69) is 16.0 Å². The fourth-order valence-electron chi connectivity index (χ4n) is 3.91. The highest BCUT2D eigenvalue weighted by Gasteiger charge is 2.38. The summed E-state index contributed by atoms with van der Waals surface area (Å²) in [7, 11) is 0. The van der Waals surface area contributed by atoms with Crippen LogP contribution in [0.3, 0.4) is 0 Å². The number of pyridine rings is 1. The van der Waals surface area contributed by atoms with E-state index in [1.165, 1.54) is 0 Å². The summed E-state index contributed by atoms with van der Waals surface area (Å²) >= 11 is 0. The Bertz CT molecular complexity index is 903. The third-order valence-corrected chi connectivity index (χ3v) is 5.35. The molecule has 140 valence electrons. The minimum Gasteiger partial charge on any atom is -0.365 e. The van der Waals surface area contributed by atoms with Crippen molar-refractivity contribution >= 4 is 22.5 Å². The summed E-state index contributed by atoms with van der Waals surface area (Å²) < 4.78 is 5.95. The van der Waals surface area contributed by atoms with Gasteiger partial charge in [0.15, 0.2) is 6.10 Å². The monoisotopic (exact) mass is 365 g/mol. The van der Waals surface area contributed by atoms with Crippen LogP contribution in [0.4, 0.5) is 5.69 Å². The summed E-state index contributed by atoms with van der Waals surface area (Å²) in [5.41, 5.74) is 7.89. The zero-order valence-corrected chi connectivity index (χ0v) is 15.3. The number of carbonyl (C=O) groups excluding carboxylic acids is 1. The highest BCUT2D eigenvalue weighted by molar-refractivity contribution is 5.95. The highest BCUT2D eigenvalue weighted by Crippen LogP contribution is 2.31. The van der Waals surface area contributed by atoms with Gasteiger partial charge < -0.3 is 20.3 Å². The van der Waals surface area contributed by atoms with Crippen molar-refractivity contribution in [3.05, 3.63) is 36.0 Å². The molecule has 2 aliphatic heterocycles. The summed E-state index contributed by atoms with van der Waals surface area (Å²) in [5.74, 6) is 0.437. The number of anilines is 1. The molecule has 2 atom stereocenters. The second-order valence-corrected chi connectivity index (χ2v) is 7.33. The van der Waals surface area contributed by atoms with Crippen LogP contribution in [0.25, 0.3) is 10.9 Å². The first kappa shape index (κ1) is 17.7. The van der Waals surface area contributed by atoms with E-state index in [1.54, 1.807) is 12.3 Å². The van der Waals surface area contributed by atoms with E-state index in [0.29, 0.717) is 49.7 Å². The molecule has 0 radical (unpaired) electrons. The number of rotatable bonds is 3. The quantitative estimate of drug-likeness (QED) is 0.876. The molecule has 27 heavy (non-hydrogen) atoms. The van der Waals surface area contributed by atoms with Crippen LogP contribution in [0.1, 0.15) is 12.5 Å². The summed E-state index contributed by atoms with van der Waals surface area (Å²) in [4.78, 5) is 21.2. The number of amides is 1. The van der Waals surface area contributed by atoms with Crippen LogP contribution in [0, 0.1) is 17.2 Å². The number of aromatic nitrogens is 1. The third kappa shape index (κ3) is 3.22. The molecule has 2 N–H and O–H groups in total. The van der Waals surface area contributed by atoms with E-state index in [0.717, 1.165) is 11.1 Å². The van der Waals surface area contributed by atoms with E-state index in [9.17, 15) is 10.1 Å². The summed E-state index contributed by atoms with van der Waals surface area (Å²) in [6, 6.07) is 9.77. The Morgan fingerprint density at radius 3 is 2.89 bits per heavy atom. The smallest absolute Gasteiger partial charge is 0.253 e. The predicted octanol–water partition coefficient (Wildman–Crippen LogP) is 1.12. The number of likely N-dealkylation sites (tertiary alicyclic amines) is 1. The molecule has 2 fully saturated rings. The molecule has 2 aromatic rings. The molecule has 2 saturated heterocycles. The first-order chi connectivity index (χ1) is 13.1. The largest absolute Gasteiger partial charge is 0.365 e. The Morgan fingerprint density at radius 1 is 1.33 bits per heavy atom. The van der Waals surface area contributed by atoms with Gasteiger partial charge in [-0.25, -0.2) is 0 Å². The standard InChI is InChI=1S/C20H23N5O2/c1-13-9-24(12-18(27-13)20(26)25-10-14(7-21)11-25)17-5-4-15(8-22)19-16(17)3-2-6-23-19/h2-6,13-14,18H,7,9-12,21H2,1H3. The van der Waals surface area contributed by atoms with Crippen LogP contribution in [0.15, 0.2) is 30.5 Å². The molecule has 2 unspecified atom stereocenters. The van der Waals surface area contributed by atoms with Crippen molar-refractivity contribution in [1.82, 2.24) is 9.88 Å². The molecule has 0 aliphatic carbocycles. The number of fused-ring (bicyclic) bond motifs is 1. The number of ether oxygens (including phenoxy) is 1. The Hall–Kier alpha value is -2.69. The average Bonchev–Trinajstić information content (AvgIpc) is 2.65. The van der Waals surface area contributed by atoms with Crippen molar-refractivity contribution in [2.24, 2.45) is 11.7 Å². The van der Waals surface area contributed by atoms with E-state index in [4.69, 9.17) is 10.5 Å². The molecule has 7 nitrogen and oxygen atoms in total. The lowest BCUT2D eigenvalue weighted by Gasteiger charge is -2.44. The van der Waals surface area contributed by atoms with Gasteiger partial charge in [0.25, 0.3) is 5.91 Å². The number of carbonyl (C=O) groups is 1. The Labute approximate surface area is 158 Å². The summed E-state index contributed by atoms with van der Waals surface area (Å²) in [6.45, 7) is 5.20. The van der Waals surface area contributed by atoms with Gasteiger partial charge in [-0.3, -0.25) is 9.78 Å². The van der Waals surface area contributed by atoms with Gasteiger partial charge in [0.05, 0.1) is 23.7 Å².